The molecular formula is C13H17FN2O4. The van der Waals surface area contributed by atoms with Crippen LogP contribution in [0.5, 0.6) is 0 Å². The third-order valence-electron chi connectivity index (χ3n) is 3.40. The van der Waals surface area contributed by atoms with Crippen molar-refractivity contribution < 1.29 is 24.1 Å². The number of halogens is 1. The van der Waals surface area contributed by atoms with E-state index in [4.69, 9.17) is 15.6 Å². The Bertz CT molecular complexity index is 515. The highest BCUT2D eigenvalue weighted by atomic mass is 19.1. The van der Waals surface area contributed by atoms with Crippen molar-refractivity contribution in [3.8, 4) is 0 Å². The van der Waals surface area contributed by atoms with Gasteiger partial charge in [0.15, 0.2) is 0 Å². The van der Waals surface area contributed by atoms with Gasteiger partial charge in [0.2, 0.25) is 0 Å². The molecule has 0 atom stereocenters. The second kappa shape index (κ2) is 5.64. The minimum atomic E-state index is -1.37. The van der Waals surface area contributed by atoms with Crippen LogP contribution >= 0.6 is 0 Å². The number of aromatic carboxylic acids is 1. The molecule has 0 saturated carbocycles. The van der Waals surface area contributed by atoms with E-state index in [0.29, 0.717) is 26.1 Å². The quantitative estimate of drug-likeness (QED) is 0.616. The first-order valence-electron chi connectivity index (χ1n) is 6.28. The lowest BCUT2D eigenvalue weighted by molar-refractivity contribution is -0.0543. The predicted molar refractivity (Wildman–Crippen MR) is 71.3 cm³/mol. The molecule has 1 saturated heterocycles. The summed E-state index contributed by atoms with van der Waals surface area (Å²) in [5, 5.41) is 21.9. The van der Waals surface area contributed by atoms with E-state index in [9.17, 15) is 14.3 Å². The van der Waals surface area contributed by atoms with Crippen LogP contribution in [-0.4, -0.2) is 41.5 Å². The highest BCUT2D eigenvalue weighted by Gasteiger charge is 2.29. The third kappa shape index (κ3) is 3.17. The van der Waals surface area contributed by atoms with E-state index >= 15 is 0 Å². The Balaban J connectivity index is 2.10. The molecule has 0 amide bonds. The first-order valence-corrected chi connectivity index (χ1v) is 6.28. The summed E-state index contributed by atoms with van der Waals surface area (Å²) in [4.78, 5) is 10.8. The predicted octanol–water partition coefficient (Wildman–Crippen LogP) is 1.06. The van der Waals surface area contributed by atoms with Crippen molar-refractivity contribution in [2.45, 2.75) is 18.4 Å². The molecule has 5 N–H and O–H groups in total. The summed E-state index contributed by atoms with van der Waals surface area (Å²) in [7, 11) is 0. The number of ether oxygens (including phenoxy) is 1. The molecule has 1 heterocycles. The van der Waals surface area contributed by atoms with E-state index < -0.39 is 23.0 Å². The van der Waals surface area contributed by atoms with Crippen molar-refractivity contribution >= 4 is 17.3 Å². The monoisotopic (exact) mass is 284 g/mol. The molecule has 20 heavy (non-hydrogen) atoms. The third-order valence-corrected chi connectivity index (χ3v) is 3.40. The van der Waals surface area contributed by atoms with E-state index in [-0.39, 0.29) is 17.9 Å². The van der Waals surface area contributed by atoms with Crippen molar-refractivity contribution in [3.05, 3.63) is 23.5 Å². The number of nitrogen functional groups attached to an aromatic ring is 1. The Kier molecular flexibility index (Phi) is 4.10. The van der Waals surface area contributed by atoms with Gasteiger partial charge in [0.1, 0.15) is 5.82 Å². The Hall–Kier alpha value is -1.86. The first-order chi connectivity index (χ1) is 9.41. The smallest absolute Gasteiger partial charge is 0.338 e. The molecule has 1 aromatic carbocycles. The van der Waals surface area contributed by atoms with Gasteiger partial charge in [-0.25, -0.2) is 9.18 Å². The van der Waals surface area contributed by atoms with Crippen molar-refractivity contribution in [3.63, 3.8) is 0 Å². The van der Waals surface area contributed by atoms with Gasteiger partial charge in [-0.3, -0.25) is 0 Å². The maximum Gasteiger partial charge on any atom is 0.338 e. The number of anilines is 2. The number of rotatable bonds is 4. The summed E-state index contributed by atoms with van der Waals surface area (Å²) in [6, 6.07) is 2.09. The zero-order valence-corrected chi connectivity index (χ0v) is 10.9. The van der Waals surface area contributed by atoms with Crippen molar-refractivity contribution in [1.29, 1.82) is 0 Å². The van der Waals surface area contributed by atoms with Gasteiger partial charge in [0.05, 0.1) is 22.5 Å². The number of hydrogen-bond donors (Lipinski definition) is 4. The fraction of sp³-hybridized carbons (Fsp3) is 0.462. The van der Waals surface area contributed by atoms with Gasteiger partial charge >= 0.3 is 5.97 Å². The van der Waals surface area contributed by atoms with Crippen molar-refractivity contribution in [2.75, 3.05) is 30.8 Å². The average Bonchev–Trinajstić information content (AvgIpc) is 2.40. The zero-order valence-electron chi connectivity index (χ0n) is 10.9. The Morgan fingerprint density at radius 1 is 1.45 bits per heavy atom. The molecule has 6 nitrogen and oxygen atoms in total. The summed E-state index contributed by atoms with van der Waals surface area (Å²) in [6.45, 7) is 1.15. The number of carboxylic acid groups (broad SMARTS) is 1. The van der Waals surface area contributed by atoms with Gasteiger partial charge in [-0.15, -0.1) is 0 Å². The molecule has 1 aliphatic rings. The van der Waals surface area contributed by atoms with Crippen molar-refractivity contribution in [2.24, 2.45) is 0 Å². The van der Waals surface area contributed by atoms with E-state index in [1.807, 2.05) is 0 Å². The van der Waals surface area contributed by atoms with Crippen LogP contribution in [-0.2, 0) is 4.74 Å². The fourth-order valence-electron chi connectivity index (χ4n) is 2.09. The fourth-order valence-corrected chi connectivity index (χ4v) is 2.09. The van der Waals surface area contributed by atoms with Crippen LogP contribution in [0.2, 0.25) is 0 Å². The number of nitrogens with two attached hydrogens (primary N) is 1. The molecule has 0 aliphatic carbocycles. The van der Waals surface area contributed by atoms with Gasteiger partial charge < -0.3 is 26.0 Å². The topological polar surface area (TPSA) is 105 Å². The molecule has 7 heteroatoms. The second-order valence-corrected chi connectivity index (χ2v) is 4.91. The average molecular weight is 284 g/mol. The molecule has 1 aliphatic heterocycles. The maximum absolute atomic E-state index is 13.6. The minimum Gasteiger partial charge on any atom is -0.478 e. The second-order valence-electron chi connectivity index (χ2n) is 4.91. The summed E-state index contributed by atoms with van der Waals surface area (Å²) in [5.41, 5.74) is 4.69. The molecule has 0 aromatic heterocycles. The number of carbonyl (C=O) groups is 1. The van der Waals surface area contributed by atoms with Crippen LogP contribution in [0, 0.1) is 5.82 Å². The van der Waals surface area contributed by atoms with E-state index in [1.165, 1.54) is 0 Å². The normalized spacial score (nSPS) is 17.7. The lowest BCUT2D eigenvalue weighted by Gasteiger charge is -2.32. The van der Waals surface area contributed by atoms with E-state index in [0.717, 1.165) is 12.1 Å². The first kappa shape index (κ1) is 14.5. The lowest BCUT2D eigenvalue weighted by Crippen LogP contribution is -2.42. The highest BCUT2D eigenvalue weighted by molar-refractivity contribution is 5.90. The number of carboxylic acids is 1. The van der Waals surface area contributed by atoms with E-state index in [2.05, 4.69) is 5.32 Å². The van der Waals surface area contributed by atoms with Gasteiger partial charge in [-0.1, -0.05) is 0 Å². The summed E-state index contributed by atoms with van der Waals surface area (Å²) < 4.78 is 18.7. The Morgan fingerprint density at radius 3 is 2.70 bits per heavy atom. The van der Waals surface area contributed by atoms with Crippen LogP contribution in [0.1, 0.15) is 23.2 Å². The molecule has 0 unspecified atom stereocenters. The number of nitrogens with one attached hydrogen (secondary N) is 1. The van der Waals surface area contributed by atoms with Gasteiger partial charge in [-0.05, 0) is 12.1 Å². The van der Waals surface area contributed by atoms with Crippen LogP contribution < -0.4 is 11.1 Å². The molecule has 0 bridgehead atoms. The molecular weight excluding hydrogens is 267 g/mol. The van der Waals surface area contributed by atoms with Crippen LogP contribution in [0.15, 0.2) is 12.1 Å². The van der Waals surface area contributed by atoms with Crippen molar-refractivity contribution in [1.82, 2.24) is 0 Å². The van der Waals surface area contributed by atoms with E-state index in [1.54, 1.807) is 0 Å². The lowest BCUT2D eigenvalue weighted by atomic mass is 9.94. The molecule has 2 rings (SSSR count). The van der Waals surface area contributed by atoms with Gasteiger partial charge in [0, 0.05) is 32.6 Å². The van der Waals surface area contributed by atoms with Gasteiger partial charge in [0.25, 0.3) is 0 Å². The zero-order chi connectivity index (χ0) is 14.8. The summed E-state index contributed by atoms with van der Waals surface area (Å²) >= 11 is 0. The standard InChI is InChI=1S/C13H17FN2O4/c14-9-6-11(10(15)5-8(9)12(17)18)16-7-13(19)1-3-20-4-2-13/h5-6,16,19H,1-4,7,15H2,(H,17,18). The van der Waals surface area contributed by atoms with Crippen LogP contribution in [0.4, 0.5) is 15.8 Å². The number of aliphatic hydroxyl groups is 1. The highest BCUT2D eigenvalue weighted by Crippen LogP contribution is 2.26. The summed E-state index contributed by atoms with van der Waals surface area (Å²) in [5.74, 6) is -2.24. The molecule has 110 valence electrons. The molecule has 1 aromatic rings. The molecule has 1 fully saturated rings. The maximum atomic E-state index is 13.6. The SMILES string of the molecule is Nc1cc(C(=O)O)c(F)cc1NCC1(O)CCOCC1. The van der Waals surface area contributed by atoms with Crippen LogP contribution in [0.3, 0.4) is 0 Å². The van der Waals surface area contributed by atoms with Gasteiger partial charge in [-0.2, -0.15) is 0 Å². The molecule has 0 radical (unpaired) electrons. The number of benzene rings is 1. The Morgan fingerprint density at radius 2 is 2.10 bits per heavy atom. The summed E-state index contributed by atoms with van der Waals surface area (Å²) in [6.07, 6.45) is 0.963. The largest absolute Gasteiger partial charge is 0.478 e. The van der Waals surface area contributed by atoms with Crippen LogP contribution in [0.25, 0.3) is 0 Å². The molecule has 0 spiro atoms. The number of hydrogen-bond acceptors (Lipinski definition) is 5. The Labute approximate surface area is 115 Å². The minimum absolute atomic E-state index is 0.124.